The first-order chi connectivity index (χ1) is 11.2. The summed E-state index contributed by atoms with van der Waals surface area (Å²) in [6.45, 7) is 8.61. The largest absolute Gasteiger partial charge is 0.494 e. The Morgan fingerprint density at radius 2 is 1.65 bits per heavy atom. The lowest BCUT2D eigenvalue weighted by Crippen LogP contribution is -2.13. The predicted molar refractivity (Wildman–Crippen MR) is 95.0 cm³/mol. The molecule has 0 saturated heterocycles. The van der Waals surface area contributed by atoms with Crippen molar-refractivity contribution in [1.29, 1.82) is 0 Å². The summed E-state index contributed by atoms with van der Waals surface area (Å²) in [4.78, 5) is 0. The smallest absolute Gasteiger partial charge is 0.119 e. The molecule has 0 aliphatic carbocycles. The van der Waals surface area contributed by atoms with Gasteiger partial charge in [-0.1, -0.05) is 31.2 Å². The van der Waals surface area contributed by atoms with Gasteiger partial charge in [0.2, 0.25) is 0 Å². The van der Waals surface area contributed by atoms with Crippen molar-refractivity contribution < 1.29 is 9.47 Å². The third-order valence-corrected chi connectivity index (χ3v) is 3.32. The van der Waals surface area contributed by atoms with Crippen LogP contribution in [0.15, 0.2) is 48.5 Å². The quantitative estimate of drug-likeness (QED) is 0.736. The Hall–Kier alpha value is -2.00. The maximum atomic E-state index is 5.66. The van der Waals surface area contributed by atoms with Crippen LogP contribution in [0.1, 0.15) is 38.3 Å². The monoisotopic (exact) mass is 313 g/mol. The van der Waals surface area contributed by atoms with E-state index in [1.807, 2.05) is 38.1 Å². The average Bonchev–Trinajstić information content (AvgIpc) is 2.54. The molecule has 0 bridgehead atoms. The van der Waals surface area contributed by atoms with Crippen molar-refractivity contribution in [2.45, 2.75) is 46.4 Å². The third kappa shape index (κ3) is 6.33. The molecule has 0 spiro atoms. The van der Waals surface area contributed by atoms with E-state index in [-0.39, 0.29) is 6.10 Å². The van der Waals surface area contributed by atoms with E-state index >= 15 is 0 Å². The van der Waals surface area contributed by atoms with Crippen molar-refractivity contribution in [3.8, 4) is 11.5 Å². The first-order valence-corrected chi connectivity index (χ1v) is 8.35. The van der Waals surface area contributed by atoms with Gasteiger partial charge in [-0.05, 0) is 55.7 Å². The maximum absolute atomic E-state index is 5.66. The van der Waals surface area contributed by atoms with Gasteiger partial charge in [-0.15, -0.1) is 0 Å². The van der Waals surface area contributed by atoms with Crippen molar-refractivity contribution in [2.75, 3.05) is 6.61 Å². The molecule has 0 aliphatic heterocycles. The van der Waals surface area contributed by atoms with Gasteiger partial charge in [0.1, 0.15) is 11.5 Å². The predicted octanol–water partition coefficient (Wildman–Crippen LogP) is 4.55. The summed E-state index contributed by atoms with van der Waals surface area (Å²) in [5.41, 5.74) is 2.48. The van der Waals surface area contributed by atoms with E-state index in [0.29, 0.717) is 0 Å². The van der Waals surface area contributed by atoms with Crippen molar-refractivity contribution in [3.63, 3.8) is 0 Å². The molecule has 0 amide bonds. The number of hydrogen-bond donors (Lipinski definition) is 1. The van der Waals surface area contributed by atoms with Crippen LogP contribution in [0, 0.1) is 0 Å². The van der Waals surface area contributed by atoms with Crippen molar-refractivity contribution >= 4 is 0 Å². The molecule has 0 radical (unpaired) electrons. The Balaban J connectivity index is 1.80. The molecule has 23 heavy (non-hydrogen) atoms. The fourth-order valence-electron chi connectivity index (χ4n) is 2.27. The Morgan fingerprint density at radius 1 is 0.913 bits per heavy atom. The van der Waals surface area contributed by atoms with Gasteiger partial charge in [-0.25, -0.2) is 0 Å². The molecule has 3 heteroatoms. The minimum atomic E-state index is 0.209. The zero-order valence-electron chi connectivity index (χ0n) is 14.3. The normalized spacial score (nSPS) is 10.8. The second-order valence-electron chi connectivity index (χ2n) is 5.91. The van der Waals surface area contributed by atoms with E-state index in [1.165, 1.54) is 11.1 Å². The van der Waals surface area contributed by atoms with Crippen molar-refractivity contribution in [2.24, 2.45) is 0 Å². The molecule has 0 aromatic heterocycles. The number of ether oxygens (including phenoxy) is 2. The maximum Gasteiger partial charge on any atom is 0.119 e. The lowest BCUT2D eigenvalue weighted by atomic mass is 10.2. The minimum Gasteiger partial charge on any atom is -0.494 e. The molecular formula is C20H27NO2. The molecule has 124 valence electrons. The van der Waals surface area contributed by atoms with Gasteiger partial charge < -0.3 is 14.8 Å². The SMILES string of the molecule is CCCOc1cccc(CNCc2ccc(OC(C)C)cc2)c1. The molecule has 2 aromatic carbocycles. The molecule has 0 fully saturated rings. The standard InChI is InChI=1S/C20H27NO2/c1-4-12-22-20-7-5-6-18(13-20)15-21-14-17-8-10-19(11-9-17)23-16(2)3/h5-11,13,16,21H,4,12,14-15H2,1-3H3. The van der Waals surface area contributed by atoms with Gasteiger partial charge in [0.25, 0.3) is 0 Å². The zero-order valence-corrected chi connectivity index (χ0v) is 14.3. The van der Waals surface area contributed by atoms with Gasteiger partial charge in [0.05, 0.1) is 12.7 Å². The first-order valence-electron chi connectivity index (χ1n) is 8.35. The fourth-order valence-corrected chi connectivity index (χ4v) is 2.27. The van der Waals surface area contributed by atoms with Crippen LogP contribution < -0.4 is 14.8 Å². The highest BCUT2D eigenvalue weighted by Gasteiger charge is 2.00. The molecule has 2 aromatic rings. The van der Waals surface area contributed by atoms with Crippen LogP contribution in [0.4, 0.5) is 0 Å². The molecule has 0 aliphatic rings. The Bertz CT molecular complexity index is 578. The first kappa shape index (κ1) is 17.4. The topological polar surface area (TPSA) is 30.5 Å². The number of hydrogen-bond acceptors (Lipinski definition) is 3. The highest BCUT2D eigenvalue weighted by atomic mass is 16.5. The van der Waals surface area contributed by atoms with E-state index in [2.05, 4.69) is 36.5 Å². The molecular weight excluding hydrogens is 286 g/mol. The van der Waals surface area contributed by atoms with Crippen molar-refractivity contribution in [3.05, 3.63) is 59.7 Å². The summed E-state index contributed by atoms with van der Waals surface area (Å²) >= 11 is 0. The fraction of sp³-hybridized carbons (Fsp3) is 0.400. The molecule has 2 rings (SSSR count). The Morgan fingerprint density at radius 3 is 2.35 bits per heavy atom. The van der Waals surface area contributed by atoms with Gasteiger partial charge in [0, 0.05) is 13.1 Å². The summed E-state index contributed by atoms with van der Waals surface area (Å²) in [7, 11) is 0. The van der Waals surface area contributed by atoms with Crippen LogP contribution in [-0.4, -0.2) is 12.7 Å². The van der Waals surface area contributed by atoms with E-state index in [9.17, 15) is 0 Å². The summed E-state index contributed by atoms with van der Waals surface area (Å²) < 4.78 is 11.3. The Labute approximate surface area is 139 Å². The van der Waals surface area contributed by atoms with Crippen LogP contribution >= 0.6 is 0 Å². The highest BCUT2D eigenvalue weighted by molar-refractivity contribution is 5.29. The lowest BCUT2D eigenvalue weighted by Gasteiger charge is -2.11. The summed E-state index contributed by atoms with van der Waals surface area (Å²) in [5, 5.41) is 3.47. The average molecular weight is 313 g/mol. The second-order valence-corrected chi connectivity index (χ2v) is 5.91. The van der Waals surface area contributed by atoms with Gasteiger partial charge in [0.15, 0.2) is 0 Å². The van der Waals surface area contributed by atoms with Gasteiger partial charge >= 0.3 is 0 Å². The van der Waals surface area contributed by atoms with Gasteiger partial charge in [-0.3, -0.25) is 0 Å². The molecule has 1 N–H and O–H groups in total. The van der Waals surface area contributed by atoms with E-state index in [1.54, 1.807) is 0 Å². The van der Waals surface area contributed by atoms with E-state index in [0.717, 1.165) is 37.6 Å². The number of nitrogens with one attached hydrogen (secondary N) is 1. The number of rotatable bonds is 9. The summed E-state index contributed by atoms with van der Waals surface area (Å²) in [5.74, 6) is 1.87. The molecule has 0 atom stereocenters. The number of benzene rings is 2. The molecule has 0 saturated carbocycles. The van der Waals surface area contributed by atoms with Crippen LogP contribution in [0.3, 0.4) is 0 Å². The molecule has 3 nitrogen and oxygen atoms in total. The molecule has 0 unspecified atom stereocenters. The summed E-state index contributed by atoms with van der Waals surface area (Å²) in [6, 6.07) is 16.5. The van der Waals surface area contributed by atoms with Crippen LogP contribution in [0.5, 0.6) is 11.5 Å². The third-order valence-electron chi connectivity index (χ3n) is 3.32. The molecule has 0 heterocycles. The van der Waals surface area contributed by atoms with Crippen LogP contribution in [0.2, 0.25) is 0 Å². The summed E-state index contributed by atoms with van der Waals surface area (Å²) in [6.07, 6.45) is 1.24. The van der Waals surface area contributed by atoms with Gasteiger partial charge in [-0.2, -0.15) is 0 Å². The van der Waals surface area contributed by atoms with E-state index in [4.69, 9.17) is 9.47 Å². The second kappa shape index (κ2) is 9.21. The Kier molecular flexibility index (Phi) is 6.95. The minimum absolute atomic E-state index is 0.209. The van der Waals surface area contributed by atoms with Crippen LogP contribution in [-0.2, 0) is 13.1 Å². The zero-order chi connectivity index (χ0) is 16.5. The van der Waals surface area contributed by atoms with E-state index < -0.39 is 0 Å². The van der Waals surface area contributed by atoms with Crippen LogP contribution in [0.25, 0.3) is 0 Å². The van der Waals surface area contributed by atoms with Crippen molar-refractivity contribution in [1.82, 2.24) is 5.32 Å². The highest BCUT2D eigenvalue weighted by Crippen LogP contribution is 2.15. The lowest BCUT2D eigenvalue weighted by molar-refractivity contribution is 0.242.